The number of hydrogen-bond donors (Lipinski definition) is 0. The Morgan fingerprint density at radius 3 is 2.65 bits per heavy atom. The van der Waals surface area contributed by atoms with Crippen molar-refractivity contribution in [2.24, 2.45) is 0 Å². The Hall–Kier alpha value is -1.53. The summed E-state index contributed by atoms with van der Waals surface area (Å²) in [4.78, 5) is 2.38. The van der Waals surface area contributed by atoms with Crippen molar-refractivity contribution >= 4 is 0 Å². The number of ether oxygens (including phenoxy) is 1. The number of nitrogens with zero attached hydrogens (tertiary/aromatic N) is 2. The Morgan fingerprint density at radius 1 is 1.20 bits per heavy atom. The SMILES string of the molecule is Cc1cc(C)c2c(c1)OCCCC2(C#N)N1CCCC1. The quantitative estimate of drug-likeness (QED) is 0.785. The molecule has 3 rings (SSSR count). The Balaban J connectivity index is 2.19. The molecule has 0 bridgehead atoms. The molecule has 1 atom stereocenters. The van der Waals surface area contributed by atoms with Crippen LogP contribution < -0.4 is 4.74 Å². The molecule has 1 fully saturated rings. The van der Waals surface area contributed by atoms with Gasteiger partial charge in [-0.3, -0.25) is 4.90 Å². The predicted molar refractivity (Wildman–Crippen MR) is 78.7 cm³/mol. The summed E-state index contributed by atoms with van der Waals surface area (Å²) >= 11 is 0. The van der Waals surface area contributed by atoms with Crippen molar-refractivity contribution in [3.63, 3.8) is 0 Å². The van der Waals surface area contributed by atoms with Crippen LogP contribution in [0.15, 0.2) is 12.1 Å². The molecule has 0 radical (unpaired) electrons. The third-order valence-electron chi connectivity index (χ3n) is 4.63. The van der Waals surface area contributed by atoms with Gasteiger partial charge in [0.25, 0.3) is 0 Å². The minimum atomic E-state index is -0.486. The maximum Gasteiger partial charge on any atom is 0.138 e. The van der Waals surface area contributed by atoms with E-state index in [0.29, 0.717) is 6.61 Å². The van der Waals surface area contributed by atoms with E-state index in [9.17, 15) is 5.26 Å². The molecule has 1 aromatic rings. The number of benzene rings is 1. The second kappa shape index (κ2) is 5.10. The van der Waals surface area contributed by atoms with Gasteiger partial charge in [0.1, 0.15) is 11.3 Å². The summed E-state index contributed by atoms with van der Waals surface area (Å²) in [5.74, 6) is 0.924. The maximum atomic E-state index is 10.0. The van der Waals surface area contributed by atoms with E-state index in [4.69, 9.17) is 4.74 Å². The summed E-state index contributed by atoms with van der Waals surface area (Å²) in [6.45, 7) is 6.97. The standard InChI is InChI=1S/C17H22N2O/c1-13-10-14(2)16-15(11-13)20-9-5-6-17(16,12-18)19-7-3-4-8-19/h10-11H,3-9H2,1-2H3. The smallest absolute Gasteiger partial charge is 0.138 e. The van der Waals surface area contributed by atoms with Crippen LogP contribution in [-0.2, 0) is 5.54 Å². The van der Waals surface area contributed by atoms with E-state index in [0.717, 1.165) is 37.2 Å². The van der Waals surface area contributed by atoms with E-state index >= 15 is 0 Å². The van der Waals surface area contributed by atoms with Gasteiger partial charge >= 0.3 is 0 Å². The van der Waals surface area contributed by atoms with Gasteiger partial charge in [-0.25, -0.2) is 0 Å². The lowest BCUT2D eigenvalue weighted by Crippen LogP contribution is -2.43. The molecule has 0 spiro atoms. The van der Waals surface area contributed by atoms with Crippen LogP contribution in [0.3, 0.4) is 0 Å². The zero-order valence-corrected chi connectivity index (χ0v) is 12.4. The number of rotatable bonds is 1. The van der Waals surface area contributed by atoms with Crippen molar-refractivity contribution in [2.75, 3.05) is 19.7 Å². The summed E-state index contributed by atoms with van der Waals surface area (Å²) in [6, 6.07) is 6.93. The molecular formula is C17H22N2O. The summed E-state index contributed by atoms with van der Waals surface area (Å²) in [5.41, 5.74) is 3.02. The third kappa shape index (κ3) is 1.99. The lowest BCUT2D eigenvalue weighted by atomic mass is 9.82. The molecule has 106 valence electrons. The Kier molecular flexibility index (Phi) is 3.43. The van der Waals surface area contributed by atoms with Crippen molar-refractivity contribution in [3.8, 4) is 11.8 Å². The average molecular weight is 270 g/mol. The van der Waals surface area contributed by atoms with Gasteiger partial charge in [0, 0.05) is 18.7 Å². The van der Waals surface area contributed by atoms with E-state index in [2.05, 4.69) is 36.9 Å². The molecule has 0 aliphatic carbocycles. The van der Waals surface area contributed by atoms with E-state index in [1.165, 1.54) is 24.0 Å². The van der Waals surface area contributed by atoms with Gasteiger partial charge in [-0.1, -0.05) is 6.07 Å². The normalized spacial score (nSPS) is 26.4. The fourth-order valence-electron chi connectivity index (χ4n) is 3.81. The second-order valence-electron chi connectivity index (χ2n) is 6.07. The highest BCUT2D eigenvalue weighted by Crippen LogP contribution is 2.44. The number of fused-ring (bicyclic) bond motifs is 1. The van der Waals surface area contributed by atoms with Gasteiger partial charge in [0.2, 0.25) is 0 Å². The molecule has 2 aliphatic rings. The first-order valence-corrected chi connectivity index (χ1v) is 7.58. The Labute approximate surface area is 121 Å². The molecule has 3 nitrogen and oxygen atoms in total. The van der Waals surface area contributed by atoms with Crippen molar-refractivity contribution in [1.82, 2.24) is 4.90 Å². The summed E-state index contributed by atoms with van der Waals surface area (Å²) in [6.07, 6.45) is 4.21. The summed E-state index contributed by atoms with van der Waals surface area (Å²) in [7, 11) is 0. The molecule has 20 heavy (non-hydrogen) atoms. The summed E-state index contributed by atoms with van der Waals surface area (Å²) < 4.78 is 5.95. The van der Waals surface area contributed by atoms with E-state index in [-0.39, 0.29) is 0 Å². The molecule has 0 N–H and O–H groups in total. The number of aryl methyl sites for hydroxylation is 2. The first-order chi connectivity index (χ1) is 9.67. The number of nitriles is 1. The van der Waals surface area contributed by atoms with Crippen molar-refractivity contribution in [1.29, 1.82) is 5.26 Å². The van der Waals surface area contributed by atoms with Crippen molar-refractivity contribution in [3.05, 3.63) is 28.8 Å². The first-order valence-electron chi connectivity index (χ1n) is 7.58. The van der Waals surface area contributed by atoms with Crippen LogP contribution in [-0.4, -0.2) is 24.6 Å². The highest BCUT2D eigenvalue weighted by molar-refractivity contribution is 5.51. The van der Waals surface area contributed by atoms with E-state index in [1.807, 2.05) is 0 Å². The molecule has 0 aromatic heterocycles. The van der Waals surface area contributed by atoms with Crippen LogP contribution in [0.25, 0.3) is 0 Å². The van der Waals surface area contributed by atoms with Gasteiger partial charge < -0.3 is 4.74 Å². The fourth-order valence-corrected chi connectivity index (χ4v) is 3.81. The number of hydrogen-bond acceptors (Lipinski definition) is 3. The minimum Gasteiger partial charge on any atom is -0.493 e. The van der Waals surface area contributed by atoms with Gasteiger partial charge in [-0.05, 0) is 56.7 Å². The Bertz CT molecular complexity index is 555. The molecule has 2 heterocycles. The molecule has 1 unspecified atom stereocenters. The highest BCUT2D eigenvalue weighted by atomic mass is 16.5. The van der Waals surface area contributed by atoms with Crippen LogP contribution in [0.2, 0.25) is 0 Å². The molecule has 2 aliphatic heterocycles. The lowest BCUT2D eigenvalue weighted by Gasteiger charge is -2.37. The molecule has 1 saturated heterocycles. The number of likely N-dealkylation sites (tertiary alicyclic amines) is 1. The van der Waals surface area contributed by atoms with Crippen LogP contribution in [0, 0.1) is 25.2 Å². The van der Waals surface area contributed by atoms with E-state index < -0.39 is 5.54 Å². The zero-order chi connectivity index (χ0) is 14.2. The van der Waals surface area contributed by atoms with Crippen molar-refractivity contribution in [2.45, 2.75) is 45.1 Å². The highest BCUT2D eigenvalue weighted by Gasteiger charge is 2.44. The molecule has 0 amide bonds. The van der Waals surface area contributed by atoms with E-state index in [1.54, 1.807) is 0 Å². The van der Waals surface area contributed by atoms with Crippen LogP contribution in [0.5, 0.6) is 5.75 Å². The topological polar surface area (TPSA) is 36.3 Å². The van der Waals surface area contributed by atoms with Crippen LogP contribution >= 0.6 is 0 Å². The largest absolute Gasteiger partial charge is 0.493 e. The zero-order valence-electron chi connectivity index (χ0n) is 12.4. The van der Waals surface area contributed by atoms with Crippen LogP contribution in [0.1, 0.15) is 42.4 Å². The molecule has 0 saturated carbocycles. The van der Waals surface area contributed by atoms with Gasteiger partial charge in [-0.2, -0.15) is 5.26 Å². The lowest BCUT2D eigenvalue weighted by molar-refractivity contribution is 0.161. The molecular weight excluding hydrogens is 248 g/mol. The first kappa shape index (κ1) is 13.5. The molecule has 1 aromatic carbocycles. The predicted octanol–water partition coefficient (Wildman–Crippen LogP) is 3.29. The van der Waals surface area contributed by atoms with Gasteiger partial charge in [0.05, 0.1) is 12.7 Å². The Morgan fingerprint density at radius 2 is 1.95 bits per heavy atom. The average Bonchev–Trinajstić information content (AvgIpc) is 2.88. The second-order valence-corrected chi connectivity index (χ2v) is 6.07. The maximum absolute atomic E-state index is 10.0. The third-order valence-corrected chi connectivity index (χ3v) is 4.63. The minimum absolute atomic E-state index is 0.486. The molecule has 3 heteroatoms. The van der Waals surface area contributed by atoms with Gasteiger partial charge in [0.15, 0.2) is 0 Å². The van der Waals surface area contributed by atoms with Gasteiger partial charge in [-0.15, -0.1) is 0 Å². The summed E-state index contributed by atoms with van der Waals surface area (Å²) in [5, 5.41) is 10.0. The fraction of sp³-hybridized carbons (Fsp3) is 0.588. The monoisotopic (exact) mass is 270 g/mol. The van der Waals surface area contributed by atoms with Crippen molar-refractivity contribution < 1.29 is 4.74 Å². The van der Waals surface area contributed by atoms with Crippen LogP contribution in [0.4, 0.5) is 0 Å².